The van der Waals surface area contributed by atoms with Gasteiger partial charge in [0.05, 0.1) is 50.1 Å². The van der Waals surface area contributed by atoms with Gasteiger partial charge in [0.2, 0.25) is 11.8 Å². The lowest BCUT2D eigenvalue weighted by atomic mass is 9.98. The molecule has 0 aliphatic carbocycles. The zero-order valence-corrected chi connectivity index (χ0v) is 34.4. The van der Waals surface area contributed by atoms with Gasteiger partial charge in [-0.3, -0.25) is 9.59 Å². The van der Waals surface area contributed by atoms with Crippen LogP contribution in [-0.2, 0) is 19.1 Å². The van der Waals surface area contributed by atoms with Gasteiger partial charge in [-0.1, -0.05) is 88.4 Å². The molecule has 4 atom stereocenters. The first-order valence-corrected chi connectivity index (χ1v) is 20.1. The molecule has 59 heavy (non-hydrogen) atoms. The molecule has 2 aromatic heterocycles. The van der Waals surface area contributed by atoms with E-state index in [-0.39, 0.29) is 35.7 Å². The average molecular weight is 801 g/mol. The van der Waals surface area contributed by atoms with E-state index in [1.165, 1.54) is 14.2 Å². The van der Waals surface area contributed by atoms with Gasteiger partial charge in [0, 0.05) is 18.7 Å². The molecule has 3 aromatic carbocycles. The van der Waals surface area contributed by atoms with Crippen LogP contribution >= 0.6 is 0 Å². The first kappa shape index (κ1) is 40.7. The number of carbonyl (C=O) groups is 4. The zero-order valence-electron chi connectivity index (χ0n) is 34.4. The molecule has 1 unspecified atom stereocenters. The van der Waals surface area contributed by atoms with Gasteiger partial charge in [-0.2, -0.15) is 0 Å². The molecule has 4 heterocycles. The summed E-state index contributed by atoms with van der Waals surface area (Å²) in [6, 6.07) is 19.0. The van der Waals surface area contributed by atoms with E-state index in [4.69, 9.17) is 14.5 Å². The van der Waals surface area contributed by atoms with Gasteiger partial charge in [-0.25, -0.2) is 19.6 Å². The quantitative estimate of drug-likeness (QED) is 0.0992. The fourth-order valence-corrected chi connectivity index (χ4v) is 8.09. The van der Waals surface area contributed by atoms with Gasteiger partial charge in [-0.05, 0) is 70.7 Å². The maximum absolute atomic E-state index is 13.7. The Morgan fingerprint density at radius 3 is 1.76 bits per heavy atom. The molecule has 4 amide bonds. The van der Waals surface area contributed by atoms with Crippen molar-refractivity contribution in [2.45, 2.75) is 71.1 Å². The number of ether oxygens (including phenoxy) is 2. The number of aromatic amines is 2. The van der Waals surface area contributed by atoms with Crippen LogP contribution in [0.15, 0.2) is 85.2 Å². The molecule has 14 heteroatoms. The number of aromatic nitrogens is 4. The summed E-state index contributed by atoms with van der Waals surface area (Å²) < 4.78 is 9.53. The van der Waals surface area contributed by atoms with Gasteiger partial charge in [-0.15, -0.1) is 0 Å². The molecule has 0 saturated carbocycles. The molecule has 14 nitrogen and oxygen atoms in total. The average Bonchev–Trinajstić information content (AvgIpc) is 4.08. The number of H-pyrrole nitrogens is 2. The summed E-state index contributed by atoms with van der Waals surface area (Å²) in [6.07, 6.45) is 4.53. The second kappa shape index (κ2) is 17.2. The molecular formula is C45H52N8O6. The minimum absolute atomic E-state index is 0.108. The van der Waals surface area contributed by atoms with Crippen LogP contribution in [0, 0.1) is 11.8 Å². The minimum Gasteiger partial charge on any atom is -0.453 e. The third-order valence-electron chi connectivity index (χ3n) is 11.4. The highest BCUT2D eigenvalue weighted by Crippen LogP contribution is 2.37. The van der Waals surface area contributed by atoms with Crippen molar-refractivity contribution >= 4 is 34.8 Å². The van der Waals surface area contributed by atoms with Crippen molar-refractivity contribution in [2.75, 3.05) is 27.3 Å². The summed E-state index contributed by atoms with van der Waals surface area (Å²) in [4.78, 5) is 71.1. The Morgan fingerprint density at radius 1 is 0.695 bits per heavy atom. The SMILES string of the molecule is C=C1C[C@@H](c2ncc(-c3ccc(-c4ccc5cc(-c6cnc(C7CCCN7C(=O)[C@@H](NC(=O)OC)C(C)C)[nH]6)ccc5c4)cc3)[nH]2)N(C(=O)[C@@H](NC(=O)OC)C(C)C)C1. The summed E-state index contributed by atoms with van der Waals surface area (Å²) in [6.45, 7) is 12.7. The molecule has 5 aromatic rings. The highest BCUT2D eigenvalue weighted by atomic mass is 16.5. The Labute approximate surface area is 343 Å². The number of amides is 4. The lowest BCUT2D eigenvalue weighted by molar-refractivity contribution is -0.136. The van der Waals surface area contributed by atoms with Crippen molar-refractivity contribution in [3.63, 3.8) is 0 Å². The van der Waals surface area contributed by atoms with Gasteiger partial charge >= 0.3 is 12.2 Å². The Kier molecular flexibility index (Phi) is 11.9. The van der Waals surface area contributed by atoms with Crippen molar-refractivity contribution in [1.29, 1.82) is 0 Å². The molecule has 308 valence electrons. The van der Waals surface area contributed by atoms with E-state index in [2.05, 4.69) is 92.8 Å². The number of likely N-dealkylation sites (tertiary alicyclic amines) is 2. The van der Waals surface area contributed by atoms with Gasteiger partial charge < -0.3 is 39.9 Å². The van der Waals surface area contributed by atoms with Crippen molar-refractivity contribution in [3.8, 4) is 33.6 Å². The molecule has 4 N–H and O–H groups in total. The molecule has 2 saturated heterocycles. The van der Waals surface area contributed by atoms with Crippen LogP contribution < -0.4 is 10.6 Å². The summed E-state index contributed by atoms with van der Waals surface area (Å²) in [5, 5.41) is 7.56. The maximum atomic E-state index is 13.7. The number of nitrogens with one attached hydrogen (secondary N) is 4. The van der Waals surface area contributed by atoms with E-state index in [1.54, 1.807) is 11.1 Å². The normalized spacial score (nSPS) is 17.7. The van der Waals surface area contributed by atoms with Crippen LogP contribution in [0.25, 0.3) is 44.4 Å². The van der Waals surface area contributed by atoms with Crippen molar-refractivity contribution in [1.82, 2.24) is 40.4 Å². The first-order valence-electron chi connectivity index (χ1n) is 20.1. The second-order valence-electron chi connectivity index (χ2n) is 16.1. The van der Waals surface area contributed by atoms with E-state index in [1.807, 2.05) is 38.8 Å². The van der Waals surface area contributed by atoms with Crippen LogP contribution in [0.1, 0.15) is 70.7 Å². The van der Waals surface area contributed by atoms with Crippen molar-refractivity contribution in [2.24, 2.45) is 11.8 Å². The predicted octanol–water partition coefficient (Wildman–Crippen LogP) is 7.54. The molecule has 0 radical (unpaired) electrons. The number of benzene rings is 3. The summed E-state index contributed by atoms with van der Waals surface area (Å²) in [5.41, 5.74) is 6.71. The summed E-state index contributed by atoms with van der Waals surface area (Å²) in [7, 11) is 2.57. The molecule has 0 spiro atoms. The number of hydrogen-bond acceptors (Lipinski definition) is 8. The third kappa shape index (κ3) is 8.57. The topological polar surface area (TPSA) is 175 Å². The molecule has 2 aliphatic heterocycles. The number of methoxy groups -OCH3 is 2. The molecule has 0 bridgehead atoms. The monoisotopic (exact) mass is 800 g/mol. The Morgan fingerprint density at radius 2 is 1.19 bits per heavy atom. The van der Waals surface area contributed by atoms with Crippen LogP contribution in [-0.4, -0.2) is 93.1 Å². The van der Waals surface area contributed by atoms with Gasteiger partial charge in [0.25, 0.3) is 0 Å². The standard InChI is InChI=1S/C45H52N8O6/c1-25(2)38(50-44(56)58-6)42(54)52-18-8-9-36(52)40-46-23-35(49-40)33-17-16-31-20-30(14-15-32(31)21-33)28-10-12-29(13-11-28)34-22-47-41(48-34)37-19-27(5)24-53(37)43(55)39(26(3)4)51-45(57)59-7/h10-17,20-23,25-26,36-39H,5,8-9,18-19,24H2,1-4,6-7H3,(H,46,49)(H,47,48)(H,50,56)(H,51,57)/t36?,37-,38-,39-/m0/s1. The predicted molar refractivity (Wildman–Crippen MR) is 225 cm³/mol. The molecule has 7 rings (SSSR count). The lowest BCUT2D eigenvalue weighted by Gasteiger charge is -2.30. The van der Waals surface area contributed by atoms with Crippen LogP contribution in [0.4, 0.5) is 9.59 Å². The number of imidazole rings is 2. The van der Waals surface area contributed by atoms with E-state index in [0.717, 1.165) is 68.7 Å². The largest absolute Gasteiger partial charge is 0.453 e. The Bertz CT molecular complexity index is 2360. The van der Waals surface area contributed by atoms with Crippen LogP contribution in [0.5, 0.6) is 0 Å². The molecule has 2 fully saturated rings. The van der Waals surface area contributed by atoms with E-state index >= 15 is 0 Å². The minimum atomic E-state index is -0.740. The van der Waals surface area contributed by atoms with Crippen LogP contribution in [0.3, 0.4) is 0 Å². The lowest BCUT2D eigenvalue weighted by Crippen LogP contribution is -2.51. The fourth-order valence-electron chi connectivity index (χ4n) is 8.09. The summed E-state index contributed by atoms with van der Waals surface area (Å²) >= 11 is 0. The number of carbonyl (C=O) groups excluding carboxylic acids is 4. The summed E-state index contributed by atoms with van der Waals surface area (Å²) in [5.74, 6) is 0.796. The highest BCUT2D eigenvalue weighted by molar-refractivity contribution is 5.91. The highest BCUT2D eigenvalue weighted by Gasteiger charge is 2.40. The van der Waals surface area contributed by atoms with Gasteiger partial charge in [0.15, 0.2) is 0 Å². The molecular weight excluding hydrogens is 749 g/mol. The zero-order chi connectivity index (χ0) is 42.0. The Balaban J connectivity index is 1.03. The number of rotatable bonds is 11. The first-order chi connectivity index (χ1) is 28.3. The molecule has 2 aliphatic rings. The van der Waals surface area contributed by atoms with Gasteiger partial charge in [0.1, 0.15) is 23.7 Å². The number of alkyl carbamates (subject to hydrolysis) is 2. The number of nitrogens with zero attached hydrogens (tertiary/aromatic N) is 4. The van der Waals surface area contributed by atoms with Crippen molar-refractivity contribution < 1.29 is 28.7 Å². The number of hydrogen-bond donors (Lipinski definition) is 4. The smallest absolute Gasteiger partial charge is 0.407 e. The van der Waals surface area contributed by atoms with E-state index in [9.17, 15) is 19.2 Å². The number of fused-ring (bicyclic) bond motifs is 1. The fraction of sp³-hybridized carbons (Fsp3) is 0.378. The van der Waals surface area contributed by atoms with E-state index < -0.39 is 24.3 Å². The van der Waals surface area contributed by atoms with E-state index in [0.29, 0.717) is 25.3 Å². The van der Waals surface area contributed by atoms with Crippen molar-refractivity contribution in [3.05, 3.63) is 96.9 Å². The van der Waals surface area contributed by atoms with Crippen LogP contribution in [0.2, 0.25) is 0 Å². The Hall–Kier alpha value is -6.44. The maximum Gasteiger partial charge on any atom is 0.407 e. The third-order valence-corrected chi connectivity index (χ3v) is 11.4. The second-order valence-corrected chi connectivity index (χ2v) is 16.1.